The Balaban J connectivity index is 2.19. The van der Waals surface area contributed by atoms with Crippen LogP contribution in [0.3, 0.4) is 0 Å². The van der Waals surface area contributed by atoms with E-state index < -0.39 is 0 Å². The molecule has 0 saturated carbocycles. The van der Waals surface area contributed by atoms with Gasteiger partial charge in [-0.15, -0.1) is 11.3 Å². The number of hydrogen-bond acceptors (Lipinski definition) is 4. The second-order valence-electron chi connectivity index (χ2n) is 3.95. The zero-order valence-corrected chi connectivity index (χ0v) is 11.2. The van der Waals surface area contributed by atoms with Crippen LogP contribution in [0.5, 0.6) is 5.88 Å². The Hall–Kier alpha value is -2.20. The summed E-state index contributed by atoms with van der Waals surface area (Å²) in [4.78, 5) is 10.1. The molecule has 4 heteroatoms. The highest BCUT2D eigenvalue weighted by atomic mass is 32.1. The first-order chi connectivity index (χ1) is 9.38. The minimum absolute atomic E-state index is 0.531. The summed E-state index contributed by atoms with van der Waals surface area (Å²) in [5, 5.41) is 2.03. The maximum atomic E-state index is 5.17. The van der Waals surface area contributed by atoms with Gasteiger partial charge in [0, 0.05) is 5.56 Å². The van der Waals surface area contributed by atoms with Crippen LogP contribution in [-0.4, -0.2) is 17.1 Å². The normalized spacial score (nSPS) is 10.4. The van der Waals surface area contributed by atoms with Gasteiger partial charge in [0.25, 0.3) is 0 Å². The third kappa shape index (κ3) is 2.35. The number of benzene rings is 1. The van der Waals surface area contributed by atoms with E-state index in [-0.39, 0.29) is 0 Å². The van der Waals surface area contributed by atoms with Crippen LogP contribution in [0, 0.1) is 0 Å². The van der Waals surface area contributed by atoms with E-state index >= 15 is 0 Å². The van der Waals surface area contributed by atoms with Crippen molar-refractivity contribution in [2.45, 2.75) is 0 Å². The molecule has 0 saturated heterocycles. The van der Waals surface area contributed by atoms with Crippen LogP contribution < -0.4 is 4.74 Å². The van der Waals surface area contributed by atoms with Gasteiger partial charge in [0.1, 0.15) is 5.69 Å². The molecule has 3 nitrogen and oxygen atoms in total. The first kappa shape index (κ1) is 11.9. The van der Waals surface area contributed by atoms with Crippen molar-refractivity contribution in [3.8, 4) is 27.7 Å². The Labute approximate surface area is 115 Å². The number of ether oxygens (including phenoxy) is 1. The average molecular weight is 268 g/mol. The topological polar surface area (TPSA) is 35.0 Å². The third-order valence-corrected chi connectivity index (χ3v) is 3.64. The van der Waals surface area contributed by atoms with Crippen LogP contribution in [-0.2, 0) is 0 Å². The lowest BCUT2D eigenvalue weighted by Gasteiger charge is -2.08. The van der Waals surface area contributed by atoms with E-state index in [2.05, 4.69) is 9.97 Å². The molecule has 3 rings (SSSR count). The molecule has 0 atom stereocenters. The average Bonchev–Trinajstić information content (AvgIpc) is 3.01. The Morgan fingerprint density at radius 1 is 1.00 bits per heavy atom. The molecule has 94 valence electrons. The molecule has 0 fully saturated rings. The van der Waals surface area contributed by atoms with E-state index in [0.29, 0.717) is 5.88 Å². The van der Waals surface area contributed by atoms with Crippen LogP contribution in [0.1, 0.15) is 0 Å². The SMILES string of the molecule is COc1cnc(-c2ccccc2)c(-c2cccs2)n1. The van der Waals surface area contributed by atoms with E-state index in [9.17, 15) is 0 Å². The van der Waals surface area contributed by atoms with Crippen molar-refractivity contribution in [1.82, 2.24) is 9.97 Å². The zero-order chi connectivity index (χ0) is 13.1. The van der Waals surface area contributed by atoms with Crippen LogP contribution in [0.4, 0.5) is 0 Å². The maximum Gasteiger partial charge on any atom is 0.232 e. The lowest BCUT2D eigenvalue weighted by Crippen LogP contribution is -1.95. The molecule has 0 aliphatic carbocycles. The van der Waals surface area contributed by atoms with Crippen molar-refractivity contribution in [2.24, 2.45) is 0 Å². The Kier molecular flexibility index (Phi) is 3.25. The third-order valence-electron chi connectivity index (χ3n) is 2.76. The summed E-state index contributed by atoms with van der Waals surface area (Å²) in [5.41, 5.74) is 2.80. The first-order valence-electron chi connectivity index (χ1n) is 5.89. The summed E-state index contributed by atoms with van der Waals surface area (Å²) in [7, 11) is 1.60. The molecule has 0 radical (unpaired) electrons. The molecule has 0 bridgehead atoms. The smallest absolute Gasteiger partial charge is 0.232 e. The molecule has 3 aromatic rings. The van der Waals surface area contributed by atoms with Crippen LogP contribution >= 0.6 is 11.3 Å². The monoisotopic (exact) mass is 268 g/mol. The van der Waals surface area contributed by atoms with Crippen molar-refractivity contribution in [3.63, 3.8) is 0 Å². The number of nitrogens with zero attached hydrogens (tertiary/aromatic N) is 2. The summed E-state index contributed by atoms with van der Waals surface area (Å²) < 4.78 is 5.17. The molecule has 0 N–H and O–H groups in total. The van der Waals surface area contributed by atoms with Crippen molar-refractivity contribution in [2.75, 3.05) is 7.11 Å². The van der Waals surface area contributed by atoms with Gasteiger partial charge in [0.05, 0.1) is 23.9 Å². The van der Waals surface area contributed by atoms with Crippen molar-refractivity contribution < 1.29 is 4.74 Å². The summed E-state index contributed by atoms with van der Waals surface area (Å²) in [6.45, 7) is 0. The zero-order valence-electron chi connectivity index (χ0n) is 10.4. The predicted octanol–water partition coefficient (Wildman–Crippen LogP) is 3.88. The van der Waals surface area contributed by atoms with Gasteiger partial charge in [-0.1, -0.05) is 36.4 Å². The lowest BCUT2D eigenvalue weighted by molar-refractivity contribution is 0.396. The van der Waals surface area contributed by atoms with Crippen molar-refractivity contribution in [1.29, 1.82) is 0 Å². The number of aromatic nitrogens is 2. The molecule has 19 heavy (non-hydrogen) atoms. The summed E-state index contributed by atoms with van der Waals surface area (Å²) in [5.74, 6) is 0.531. The fraction of sp³-hybridized carbons (Fsp3) is 0.0667. The molecule has 2 heterocycles. The maximum absolute atomic E-state index is 5.17. The number of rotatable bonds is 3. The first-order valence-corrected chi connectivity index (χ1v) is 6.77. The molecule has 0 spiro atoms. The van der Waals surface area contributed by atoms with Gasteiger partial charge in [-0.05, 0) is 11.4 Å². The molecule has 2 aromatic heterocycles. The highest BCUT2D eigenvalue weighted by Gasteiger charge is 2.12. The van der Waals surface area contributed by atoms with Gasteiger partial charge in [-0.25, -0.2) is 9.97 Å². The second-order valence-corrected chi connectivity index (χ2v) is 4.90. The largest absolute Gasteiger partial charge is 0.480 e. The Morgan fingerprint density at radius 2 is 1.84 bits per heavy atom. The van der Waals surface area contributed by atoms with Crippen molar-refractivity contribution >= 4 is 11.3 Å². The standard InChI is InChI=1S/C15H12N2OS/c1-18-13-10-16-14(11-6-3-2-4-7-11)15(17-13)12-8-5-9-19-12/h2-10H,1H3. The number of hydrogen-bond donors (Lipinski definition) is 0. The molecule has 0 aliphatic rings. The van der Waals surface area contributed by atoms with E-state index in [1.54, 1.807) is 24.6 Å². The van der Waals surface area contributed by atoms with E-state index in [1.807, 2.05) is 47.8 Å². The minimum atomic E-state index is 0.531. The van der Waals surface area contributed by atoms with E-state index in [1.165, 1.54) is 0 Å². The van der Waals surface area contributed by atoms with Crippen molar-refractivity contribution in [3.05, 3.63) is 54.0 Å². The molecule has 0 aliphatic heterocycles. The quantitative estimate of drug-likeness (QED) is 0.723. The van der Waals surface area contributed by atoms with E-state index in [4.69, 9.17) is 4.74 Å². The highest BCUT2D eigenvalue weighted by molar-refractivity contribution is 7.13. The summed E-state index contributed by atoms with van der Waals surface area (Å²) >= 11 is 1.65. The second kappa shape index (κ2) is 5.20. The van der Waals surface area contributed by atoms with Crippen LogP contribution in [0.25, 0.3) is 21.8 Å². The number of thiophene rings is 1. The molecular weight excluding hydrogens is 256 g/mol. The van der Waals surface area contributed by atoms with Crippen LogP contribution in [0.2, 0.25) is 0 Å². The fourth-order valence-electron chi connectivity index (χ4n) is 1.86. The number of methoxy groups -OCH3 is 1. The Bertz CT molecular complexity index is 666. The van der Waals surface area contributed by atoms with Gasteiger partial charge in [0.2, 0.25) is 5.88 Å². The van der Waals surface area contributed by atoms with Gasteiger partial charge in [-0.3, -0.25) is 0 Å². The minimum Gasteiger partial charge on any atom is -0.480 e. The molecule has 0 unspecified atom stereocenters. The summed E-state index contributed by atoms with van der Waals surface area (Å²) in [6, 6.07) is 14.1. The Morgan fingerprint density at radius 3 is 2.53 bits per heavy atom. The lowest BCUT2D eigenvalue weighted by atomic mass is 10.1. The van der Waals surface area contributed by atoms with Crippen LogP contribution in [0.15, 0.2) is 54.0 Å². The van der Waals surface area contributed by atoms with Gasteiger partial charge in [0.15, 0.2) is 0 Å². The molecule has 0 amide bonds. The molecule has 1 aromatic carbocycles. The predicted molar refractivity (Wildman–Crippen MR) is 77.3 cm³/mol. The molecular formula is C15H12N2OS. The van der Waals surface area contributed by atoms with Gasteiger partial charge >= 0.3 is 0 Å². The highest BCUT2D eigenvalue weighted by Crippen LogP contribution is 2.32. The summed E-state index contributed by atoms with van der Waals surface area (Å²) in [6.07, 6.45) is 1.65. The fourth-order valence-corrected chi connectivity index (χ4v) is 2.58. The van der Waals surface area contributed by atoms with Gasteiger partial charge < -0.3 is 4.74 Å². The van der Waals surface area contributed by atoms with E-state index in [0.717, 1.165) is 21.8 Å². The van der Waals surface area contributed by atoms with Gasteiger partial charge in [-0.2, -0.15) is 0 Å².